The van der Waals surface area contributed by atoms with Gasteiger partial charge in [0.25, 0.3) is 0 Å². The molecule has 0 spiro atoms. The van der Waals surface area contributed by atoms with Gasteiger partial charge in [0, 0.05) is 0 Å². The zero-order valence-electron chi connectivity index (χ0n) is 12.6. The predicted molar refractivity (Wildman–Crippen MR) is 83.3 cm³/mol. The van der Waals surface area contributed by atoms with Crippen molar-refractivity contribution in [3.8, 4) is 11.5 Å². The van der Waals surface area contributed by atoms with Crippen molar-refractivity contribution in [2.45, 2.75) is 6.18 Å². The van der Waals surface area contributed by atoms with Crippen molar-refractivity contribution in [3.63, 3.8) is 0 Å². The van der Waals surface area contributed by atoms with Crippen molar-refractivity contribution in [1.82, 2.24) is 9.97 Å². The Labute approximate surface area is 139 Å². The molecule has 0 unspecified atom stereocenters. The Balaban J connectivity index is 2.40. The number of benzene rings is 1. The number of rotatable bonds is 4. The van der Waals surface area contributed by atoms with Crippen molar-refractivity contribution in [2.24, 2.45) is 0 Å². The summed E-state index contributed by atoms with van der Waals surface area (Å²) >= 11 is 6.05. The summed E-state index contributed by atoms with van der Waals surface area (Å²) in [4.78, 5) is 16.4. The lowest BCUT2D eigenvalue weighted by atomic mass is 10.1. The minimum atomic E-state index is -4.67. The van der Waals surface area contributed by atoms with Crippen LogP contribution in [-0.2, 0) is 6.18 Å². The lowest BCUT2D eigenvalue weighted by Crippen LogP contribution is -2.19. The lowest BCUT2D eigenvalue weighted by Gasteiger charge is -2.10. The van der Waals surface area contributed by atoms with Crippen LogP contribution in [0, 0.1) is 0 Å². The van der Waals surface area contributed by atoms with E-state index in [9.17, 15) is 18.0 Å². The normalized spacial score (nSPS) is 11.8. The zero-order chi connectivity index (χ0) is 17.9. The molecule has 1 aromatic heterocycles. The summed E-state index contributed by atoms with van der Waals surface area (Å²) in [6, 6.07) is 3.86. The average molecular weight is 361 g/mol. The first kappa shape index (κ1) is 17.9. The second kappa shape index (κ2) is 6.96. The number of hydrogen-bond donors (Lipinski definition) is 1. The molecule has 2 aromatic rings. The van der Waals surface area contributed by atoms with Crippen molar-refractivity contribution >= 4 is 23.8 Å². The van der Waals surface area contributed by atoms with E-state index in [1.54, 1.807) is 11.1 Å². The Hall–Kier alpha value is -2.48. The maximum absolute atomic E-state index is 12.7. The van der Waals surface area contributed by atoms with Gasteiger partial charge < -0.3 is 14.5 Å². The van der Waals surface area contributed by atoms with E-state index >= 15 is 0 Å². The molecular weight excluding hydrogens is 349 g/mol. The lowest BCUT2D eigenvalue weighted by molar-refractivity contribution is -0.141. The number of methoxy groups -OCH3 is 2. The molecule has 24 heavy (non-hydrogen) atoms. The van der Waals surface area contributed by atoms with Crippen LogP contribution in [0.15, 0.2) is 23.0 Å². The highest BCUT2D eigenvalue weighted by Crippen LogP contribution is 2.36. The molecule has 0 amide bonds. The SMILES string of the molecule is COc1cc(C=Cc2cc(C(F)(F)F)[nH]c(=O)n2)cc(Cl)c1OC. The van der Waals surface area contributed by atoms with E-state index in [0.717, 1.165) is 6.07 Å². The zero-order valence-corrected chi connectivity index (χ0v) is 13.3. The van der Waals surface area contributed by atoms with Crippen LogP contribution in [0.25, 0.3) is 12.2 Å². The molecule has 128 valence electrons. The Morgan fingerprint density at radius 1 is 1.17 bits per heavy atom. The van der Waals surface area contributed by atoms with Gasteiger partial charge in [-0.25, -0.2) is 4.79 Å². The molecule has 0 saturated carbocycles. The maximum Gasteiger partial charge on any atom is 0.431 e. The van der Waals surface area contributed by atoms with Gasteiger partial charge in [0.15, 0.2) is 11.5 Å². The van der Waals surface area contributed by atoms with Gasteiger partial charge in [-0.3, -0.25) is 0 Å². The maximum atomic E-state index is 12.7. The van der Waals surface area contributed by atoms with Crippen LogP contribution in [0.1, 0.15) is 17.0 Å². The molecule has 0 saturated heterocycles. The van der Waals surface area contributed by atoms with Gasteiger partial charge in [-0.05, 0) is 29.8 Å². The number of aromatic nitrogens is 2. The topological polar surface area (TPSA) is 64.2 Å². The molecule has 0 atom stereocenters. The minimum Gasteiger partial charge on any atom is -0.493 e. The molecule has 0 radical (unpaired) electrons. The summed E-state index contributed by atoms with van der Waals surface area (Å²) < 4.78 is 48.2. The number of H-pyrrole nitrogens is 1. The summed E-state index contributed by atoms with van der Waals surface area (Å²) in [6.45, 7) is 0. The van der Waals surface area contributed by atoms with Crippen LogP contribution in [0.4, 0.5) is 13.2 Å². The second-order valence-corrected chi connectivity index (χ2v) is 5.00. The van der Waals surface area contributed by atoms with Gasteiger partial charge in [0.2, 0.25) is 0 Å². The number of alkyl halides is 3. The Morgan fingerprint density at radius 2 is 1.88 bits per heavy atom. The molecule has 1 aromatic carbocycles. The smallest absolute Gasteiger partial charge is 0.431 e. The predicted octanol–water partition coefficient (Wildman–Crippen LogP) is 3.63. The highest BCUT2D eigenvalue weighted by atomic mass is 35.5. The van der Waals surface area contributed by atoms with Gasteiger partial charge in [-0.15, -0.1) is 0 Å². The number of ether oxygens (including phenoxy) is 2. The Bertz CT molecular complexity index is 832. The second-order valence-electron chi connectivity index (χ2n) is 4.59. The molecular formula is C15H12ClF3N2O3. The average Bonchev–Trinajstić information content (AvgIpc) is 2.51. The first-order valence-electron chi connectivity index (χ1n) is 6.52. The standard InChI is InChI=1S/C15H12ClF3N2O3/c1-23-11-6-8(5-10(16)13(11)24-2)3-4-9-7-12(15(17,18)19)21-14(22)20-9/h3-7H,1-2H3,(H,20,21,22). The van der Waals surface area contributed by atoms with Crippen LogP contribution in [0.5, 0.6) is 11.5 Å². The summed E-state index contributed by atoms with van der Waals surface area (Å²) in [6.07, 6.45) is -1.95. The number of nitrogens with zero attached hydrogens (tertiary/aromatic N) is 1. The van der Waals surface area contributed by atoms with E-state index in [4.69, 9.17) is 21.1 Å². The monoisotopic (exact) mass is 360 g/mol. The largest absolute Gasteiger partial charge is 0.493 e. The fraction of sp³-hybridized carbons (Fsp3) is 0.200. The molecule has 2 rings (SSSR count). The molecule has 0 bridgehead atoms. The van der Waals surface area contributed by atoms with Gasteiger partial charge in [-0.2, -0.15) is 18.2 Å². The number of halogens is 4. The first-order chi connectivity index (χ1) is 11.2. The third-order valence-corrected chi connectivity index (χ3v) is 3.25. The van der Waals surface area contributed by atoms with Crippen LogP contribution in [-0.4, -0.2) is 24.2 Å². The first-order valence-corrected chi connectivity index (χ1v) is 6.90. The molecule has 9 heteroatoms. The van der Waals surface area contributed by atoms with Crippen molar-refractivity contribution in [2.75, 3.05) is 14.2 Å². The third-order valence-electron chi connectivity index (χ3n) is 2.97. The van der Waals surface area contributed by atoms with Gasteiger partial charge >= 0.3 is 11.9 Å². The van der Waals surface area contributed by atoms with E-state index < -0.39 is 17.6 Å². The number of aromatic amines is 1. The molecule has 0 fully saturated rings. The number of nitrogens with one attached hydrogen (secondary N) is 1. The number of hydrogen-bond acceptors (Lipinski definition) is 4. The molecule has 1 heterocycles. The summed E-state index contributed by atoms with van der Waals surface area (Å²) in [5.41, 5.74) is -1.87. The van der Waals surface area contributed by atoms with Crippen molar-refractivity contribution < 1.29 is 22.6 Å². The van der Waals surface area contributed by atoms with Crippen LogP contribution in [0.2, 0.25) is 5.02 Å². The fourth-order valence-corrected chi connectivity index (χ4v) is 2.23. The van der Waals surface area contributed by atoms with Crippen molar-refractivity contribution in [1.29, 1.82) is 0 Å². The minimum absolute atomic E-state index is 0.142. The van der Waals surface area contributed by atoms with E-state index in [1.165, 1.54) is 32.4 Å². The fourth-order valence-electron chi connectivity index (χ4n) is 1.93. The summed E-state index contributed by atoms with van der Waals surface area (Å²) in [5.74, 6) is 0.699. The molecule has 0 aliphatic rings. The van der Waals surface area contributed by atoms with E-state index in [-0.39, 0.29) is 10.7 Å². The summed E-state index contributed by atoms with van der Waals surface area (Å²) in [5, 5.41) is 0.270. The van der Waals surface area contributed by atoms with E-state index in [2.05, 4.69) is 4.98 Å². The van der Waals surface area contributed by atoms with Gasteiger partial charge in [0.05, 0.1) is 24.9 Å². The quantitative estimate of drug-likeness (QED) is 0.904. The molecule has 1 N–H and O–H groups in total. The van der Waals surface area contributed by atoms with Gasteiger partial charge in [0.1, 0.15) is 5.69 Å². The highest BCUT2D eigenvalue weighted by Gasteiger charge is 2.32. The van der Waals surface area contributed by atoms with Crippen LogP contribution >= 0.6 is 11.6 Å². The Morgan fingerprint density at radius 3 is 2.46 bits per heavy atom. The van der Waals surface area contributed by atoms with E-state index in [0.29, 0.717) is 17.1 Å². The van der Waals surface area contributed by atoms with Crippen molar-refractivity contribution in [3.05, 3.63) is 50.7 Å². The molecule has 0 aliphatic carbocycles. The van der Waals surface area contributed by atoms with E-state index in [1.807, 2.05) is 0 Å². The molecule has 5 nitrogen and oxygen atoms in total. The third kappa shape index (κ3) is 4.08. The molecule has 0 aliphatic heterocycles. The highest BCUT2D eigenvalue weighted by molar-refractivity contribution is 6.32. The Kier molecular flexibility index (Phi) is 5.18. The van der Waals surface area contributed by atoms with Gasteiger partial charge in [-0.1, -0.05) is 17.7 Å². The van der Waals surface area contributed by atoms with Crippen LogP contribution < -0.4 is 15.2 Å². The van der Waals surface area contributed by atoms with Crippen LogP contribution in [0.3, 0.4) is 0 Å². The summed E-state index contributed by atoms with van der Waals surface area (Å²) in [7, 11) is 2.85.